The lowest BCUT2D eigenvalue weighted by molar-refractivity contribution is -0.134. The monoisotopic (exact) mass is 254 g/mol. The molecule has 1 fully saturated rings. The maximum atomic E-state index is 11.4. The molecule has 0 radical (unpaired) electrons. The van der Waals surface area contributed by atoms with Crippen LogP contribution in [0.5, 0.6) is 0 Å². The van der Waals surface area contributed by atoms with Gasteiger partial charge in [-0.15, -0.1) is 0 Å². The molecule has 0 aliphatic carbocycles. The molecule has 1 heterocycles. The zero-order valence-electron chi connectivity index (χ0n) is 8.47. The largest absolute Gasteiger partial charge is 0.294 e. The van der Waals surface area contributed by atoms with Crippen LogP contribution in [0.3, 0.4) is 0 Å². The molecule has 1 aliphatic rings. The third-order valence-electron chi connectivity index (χ3n) is 2.29. The van der Waals surface area contributed by atoms with Crippen LogP contribution in [-0.2, 0) is 16.1 Å². The van der Waals surface area contributed by atoms with Crippen molar-refractivity contribution in [3.63, 3.8) is 0 Å². The van der Waals surface area contributed by atoms with Crippen LogP contribution in [0.1, 0.15) is 13.8 Å². The van der Waals surface area contributed by atoms with E-state index in [4.69, 9.17) is 9.76 Å². The van der Waals surface area contributed by atoms with Crippen LogP contribution in [0.4, 0.5) is 0 Å². The zero-order valence-corrected chi connectivity index (χ0v) is 10.1. The third kappa shape index (κ3) is 2.70. The molecule has 0 aromatic rings. The van der Waals surface area contributed by atoms with Gasteiger partial charge in [-0.3, -0.25) is 14.6 Å². The smallest absolute Gasteiger partial charge is 0.263 e. The van der Waals surface area contributed by atoms with E-state index in [2.05, 4.69) is 0 Å². The summed E-state index contributed by atoms with van der Waals surface area (Å²) in [6.45, 7) is 3.95. The van der Waals surface area contributed by atoms with Crippen molar-refractivity contribution in [1.82, 2.24) is 9.79 Å². The third-order valence-corrected chi connectivity index (χ3v) is 4.44. The van der Waals surface area contributed by atoms with Crippen LogP contribution < -0.4 is 5.48 Å². The molecule has 0 aromatic heterocycles. The van der Waals surface area contributed by atoms with Gasteiger partial charge in [-0.05, 0) is 13.8 Å². The van der Waals surface area contributed by atoms with E-state index in [-0.39, 0.29) is 0 Å². The molecule has 0 bridgehead atoms. The van der Waals surface area contributed by atoms with Crippen LogP contribution in [0.25, 0.3) is 0 Å². The second-order valence-corrected chi connectivity index (χ2v) is 6.38. The van der Waals surface area contributed by atoms with E-state index in [1.807, 2.05) is 0 Å². The van der Waals surface area contributed by atoms with E-state index in [0.717, 1.165) is 0 Å². The van der Waals surface area contributed by atoms with Crippen molar-refractivity contribution < 1.29 is 18.8 Å². The van der Waals surface area contributed by atoms with Crippen molar-refractivity contribution in [2.45, 2.75) is 24.6 Å². The van der Waals surface area contributed by atoms with Crippen molar-refractivity contribution in [3.05, 3.63) is 0 Å². The van der Waals surface area contributed by atoms with Crippen molar-refractivity contribution in [2.75, 3.05) is 12.3 Å². The Labute approximate surface area is 94.8 Å². The number of nitrogens with zero attached hydrogens (tertiary/aromatic N) is 1. The van der Waals surface area contributed by atoms with Gasteiger partial charge < -0.3 is 0 Å². The molecule has 0 saturated carbocycles. The molecule has 0 aromatic carbocycles. The number of nitrogens with one attached hydrogen (secondary N) is 1. The van der Waals surface area contributed by atoms with Crippen molar-refractivity contribution in [1.29, 1.82) is 0 Å². The molecule has 6 nitrogen and oxygen atoms in total. The summed E-state index contributed by atoms with van der Waals surface area (Å²) < 4.78 is 20.7. The molecule has 15 heavy (non-hydrogen) atoms. The first kappa shape index (κ1) is 12.9. The predicted octanol–water partition coefficient (Wildman–Crippen LogP) is -0.175. The van der Waals surface area contributed by atoms with Crippen LogP contribution in [0, 0.1) is 0 Å². The quantitative estimate of drug-likeness (QED) is 0.361. The second kappa shape index (κ2) is 4.79. The first-order valence-electron chi connectivity index (χ1n) is 4.35. The Bertz CT molecular complexity index is 284. The lowest BCUT2D eigenvalue weighted by atomic mass is 10.0. The van der Waals surface area contributed by atoms with E-state index >= 15 is 0 Å². The lowest BCUT2D eigenvalue weighted by Gasteiger charge is -2.41. The fraction of sp³-hybridized carbons (Fsp3) is 0.857. The highest BCUT2D eigenvalue weighted by molar-refractivity contribution is 8.00. The Balaban J connectivity index is 2.97. The Morgan fingerprint density at radius 1 is 1.67 bits per heavy atom. The fourth-order valence-corrected chi connectivity index (χ4v) is 3.80. The molecule has 1 saturated heterocycles. The van der Waals surface area contributed by atoms with Crippen LogP contribution in [0.15, 0.2) is 0 Å². The van der Waals surface area contributed by atoms with E-state index < -0.39 is 28.0 Å². The standard InChI is InChI=1S/C7H14N2O4S2/c1-7(2)5(6(10)8-11)9(15(12)13)3-4-14-7/h5,11H,3-4H2,1-2H3,(H,8,10)(H,12,13)/t5-/m0/s1. The SMILES string of the molecule is CC1(C)SCCN(S(=O)O)[C@H]1C(=O)NO. The molecule has 1 amide bonds. The Morgan fingerprint density at radius 2 is 2.27 bits per heavy atom. The molecule has 1 unspecified atom stereocenters. The first-order valence-corrected chi connectivity index (χ1v) is 6.40. The van der Waals surface area contributed by atoms with Gasteiger partial charge in [-0.25, -0.2) is 9.69 Å². The molecule has 8 heteroatoms. The maximum Gasteiger partial charge on any atom is 0.263 e. The Hall–Kier alpha value is -0.150. The fourth-order valence-electron chi connectivity index (χ4n) is 1.63. The number of rotatable bonds is 2. The van der Waals surface area contributed by atoms with Gasteiger partial charge in [-0.1, -0.05) is 0 Å². The van der Waals surface area contributed by atoms with Gasteiger partial charge in [0.05, 0.1) is 0 Å². The Morgan fingerprint density at radius 3 is 2.73 bits per heavy atom. The summed E-state index contributed by atoms with van der Waals surface area (Å²) in [7, 11) is 0. The number of carbonyl (C=O) groups is 1. The van der Waals surface area contributed by atoms with Crippen molar-refractivity contribution in [2.24, 2.45) is 0 Å². The maximum absolute atomic E-state index is 11.4. The highest BCUT2D eigenvalue weighted by Crippen LogP contribution is 2.35. The van der Waals surface area contributed by atoms with Crippen LogP contribution in [0.2, 0.25) is 0 Å². The highest BCUT2D eigenvalue weighted by Gasteiger charge is 2.45. The summed E-state index contributed by atoms with van der Waals surface area (Å²) in [5.41, 5.74) is 1.54. The van der Waals surface area contributed by atoms with Gasteiger partial charge in [0.1, 0.15) is 6.04 Å². The summed E-state index contributed by atoms with van der Waals surface area (Å²) in [6.07, 6.45) is 0. The van der Waals surface area contributed by atoms with Gasteiger partial charge >= 0.3 is 0 Å². The average Bonchev–Trinajstić information content (AvgIpc) is 2.14. The van der Waals surface area contributed by atoms with E-state index in [9.17, 15) is 9.00 Å². The van der Waals surface area contributed by atoms with Crippen molar-refractivity contribution in [3.8, 4) is 0 Å². The van der Waals surface area contributed by atoms with Gasteiger partial charge in [-0.2, -0.15) is 16.1 Å². The number of hydroxylamine groups is 1. The first-order chi connectivity index (χ1) is 6.90. The predicted molar refractivity (Wildman–Crippen MR) is 57.7 cm³/mol. The number of carbonyl (C=O) groups excluding carboxylic acids is 1. The topological polar surface area (TPSA) is 89.9 Å². The van der Waals surface area contributed by atoms with Crippen LogP contribution >= 0.6 is 11.8 Å². The average molecular weight is 254 g/mol. The summed E-state index contributed by atoms with van der Waals surface area (Å²) in [5.74, 6) is 0.0173. The highest BCUT2D eigenvalue weighted by atomic mass is 32.2. The molecular formula is C7H14N2O4S2. The number of thioether (sulfide) groups is 1. The minimum absolute atomic E-state index is 0.343. The molecule has 1 aliphatic heterocycles. The Kier molecular flexibility index (Phi) is 4.13. The molecule has 88 valence electrons. The summed E-state index contributed by atoms with van der Waals surface area (Å²) in [4.78, 5) is 11.4. The van der Waals surface area contributed by atoms with E-state index in [1.54, 1.807) is 13.8 Å². The molecule has 2 atom stereocenters. The number of hydrogen-bond acceptors (Lipinski definition) is 4. The normalized spacial score (nSPS) is 28.4. The van der Waals surface area contributed by atoms with Crippen molar-refractivity contribution >= 4 is 28.9 Å². The summed E-state index contributed by atoms with van der Waals surface area (Å²) >= 11 is -0.669. The molecular weight excluding hydrogens is 240 g/mol. The minimum Gasteiger partial charge on any atom is -0.294 e. The molecule has 0 spiro atoms. The van der Waals surface area contributed by atoms with Gasteiger partial charge in [0, 0.05) is 17.0 Å². The van der Waals surface area contributed by atoms with Crippen LogP contribution in [-0.4, -0.2) is 47.3 Å². The summed E-state index contributed by atoms with van der Waals surface area (Å²) in [5, 5.41) is 8.60. The van der Waals surface area contributed by atoms with E-state index in [0.29, 0.717) is 12.3 Å². The number of amides is 1. The summed E-state index contributed by atoms with van der Waals surface area (Å²) in [6, 6.07) is -0.813. The van der Waals surface area contributed by atoms with E-state index in [1.165, 1.54) is 21.5 Å². The van der Waals surface area contributed by atoms with Gasteiger partial charge in [0.25, 0.3) is 5.91 Å². The molecule has 1 rings (SSSR count). The zero-order chi connectivity index (χ0) is 11.6. The second-order valence-electron chi connectivity index (χ2n) is 3.70. The number of hydrogen-bond donors (Lipinski definition) is 3. The molecule has 3 N–H and O–H groups in total. The van der Waals surface area contributed by atoms with Gasteiger partial charge in [0.2, 0.25) is 11.3 Å². The van der Waals surface area contributed by atoms with Gasteiger partial charge in [0.15, 0.2) is 0 Å². The lowest BCUT2D eigenvalue weighted by Crippen LogP contribution is -2.59. The minimum atomic E-state index is -2.20.